The molecule has 1 aromatic carbocycles. The Labute approximate surface area is 130 Å². The molecule has 3 nitrogen and oxygen atoms in total. The monoisotopic (exact) mass is 302 g/mol. The van der Waals surface area contributed by atoms with E-state index in [0.717, 1.165) is 36.6 Å². The fourth-order valence-corrected chi connectivity index (χ4v) is 4.19. The van der Waals surface area contributed by atoms with Crippen molar-refractivity contribution >= 4 is 27.3 Å². The van der Waals surface area contributed by atoms with Crippen LogP contribution in [0.2, 0.25) is 0 Å². The lowest BCUT2D eigenvalue weighted by atomic mass is 9.90. The van der Waals surface area contributed by atoms with Crippen molar-refractivity contribution in [1.29, 1.82) is 0 Å². The lowest BCUT2D eigenvalue weighted by Gasteiger charge is -2.34. The summed E-state index contributed by atoms with van der Waals surface area (Å²) in [6.45, 7) is 0. The molecule has 1 amide bonds. The number of nitrogens with zero attached hydrogens (tertiary/aromatic N) is 1. The van der Waals surface area contributed by atoms with Gasteiger partial charge in [-0.3, -0.25) is 4.79 Å². The lowest BCUT2D eigenvalue weighted by Crippen LogP contribution is -2.42. The van der Waals surface area contributed by atoms with E-state index in [1.165, 1.54) is 4.70 Å². The van der Waals surface area contributed by atoms with E-state index in [1.54, 1.807) is 11.3 Å². The number of fused-ring (bicyclic) bond motifs is 1. The standard InChI is InChI=1S/C17H22N2OS/c1-18-12-7-9-13(10-8-12)19(2)17(20)15-11-21-16-6-4-3-5-14(15)16/h3-6,11-13,18H,7-10H2,1-2H3. The van der Waals surface area contributed by atoms with Crippen molar-refractivity contribution < 1.29 is 4.79 Å². The Morgan fingerprint density at radius 3 is 2.67 bits per heavy atom. The molecule has 1 N–H and O–H groups in total. The summed E-state index contributed by atoms with van der Waals surface area (Å²) in [5.74, 6) is 0.167. The Bertz CT molecular complexity index is 629. The third-order valence-corrected chi connectivity index (χ3v) is 5.65. The first-order valence-corrected chi connectivity index (χ1v) is 8.49. The van der Waals surface area contributed by atoms with Crippen LogP contribution in [-0.4, -0.2) is 37.0 Å². The second-order valence-electron chi connectivity index (χ2n) is 5.86. The van der Waals surface area contributed by atoms with Gasteiger partial charge in [-0.1, -0.05) is 18.2 Å². The first-order chi connectivity index (χ1) is 10.2. The highest BCUT2D eigenvalue weighted by Gasteiger charge is 2.27. The molecule has 0 saturated heterocycles. The van der Waals surface area contributed by atoms with E-state index in [-0.39, 0.29) is 5.91 Å². The van der Waals surface area contributed by atoms with Crippen molar-refractivity contribution in [3.8, 4) is 0 Å². The van der Waals surface area contributed by atoms with Crippen molar-refractivity contribution in [1.82, 2.24) is 10.2 Å². The predicted molar refractivity (Wildman–Crippen MR) is 89.0 cm³/mol. The minimum Gasteiger partial charge on any atom is -0.339 e. The van der Waals surface area contributed by atoms with Crippen molar-refractivity contribution in [2.75, 3.05) is 14.1 Å². The normalized spacial score (nSPS) is 22.4. The van der Waals surface area contributed by atoms with E-state index in [1.807, 2.05) is 42.6 Å². The van der Waals surface area contributed by atoms with Crippen LogP contribution < -0.4 is 5.32 Å². The highest BCUT2D eigenvalue weighted by atomic mass is 32.1. The molecular formula is C17H22N2OS. The van der Waals surface area contributed by atoms with Gasteiger partial charge in [0, 0.05) is 34.6 Å². The van der Waals surface area contributed by atoms with Gasteiger partial charge in [0.15, 0.2) is 0 Å². The average molecular weight is 302 g/mol. The van der Waals surface area contributed by atoms with Gasteiger partial charge in [-0.05, 0) is 38.8 Å². The van der Waals surface area contributed by atoms with Gasteiger partial charge >= 0.3 is 0 Å². The number of thiophene rings is 1. The van der Waals surface area contributed by atoms with E-state index in [4.69, 9.17) is 0 Å². The number of hydrogen-bond acceptors (Lipinski definition) is 3. The second kappa shape index (κ2) is 6.16. The molecule has 1 aliphatic carbocycles. The molecule has 0 aliphatic heterocycles. The quantitative estimate of drug-likeness (QED) is 0.941. The minimum atomic E-state index is 0.167. The van der Waals surface area contributed by atoms with E-state index in [9.17, 15) is 4.79 Å². The van der Waals surface area contributed by atoms with Crippen LogP contribution in [-0.2, 0) is 0 Å². The highest BCUT2D eigenvalue weighted by molar-refractivity contribution is 7.17. The Morgan fingerprint density at radius 2 is 1.95 bits per heavy atom. The molecule has 1 saturated carbocycles. The van der Waals surface area contributed by atoms with Crippen LogP contribution in [0.25, 0.3) is 10.1 Å². The van der Waals surface area contributed by atoms with Gasteiger partial charge in [0.1, 0.15) is 0 Å². The van der Waals surface area contributed by atoms with Gasteiger partial charge in [-0.15, -0.1) is 11.3 Å². The first kappa shape index (κ1) is 14.5. The fraction of sp³-hybridized carbons (Fsp3) is 0.471. The summed E-state index contributed by atoms with van der Waals surface area (Å²) in [5.41, 5.74) is 0.855. The second-order valence-corrected chi connectivity index (χ2v) is 6.77. The van der Waals surface area contributed by atoms with Crippen molar-refractivity contribution in [3.05, 3.63) is 35.2 Å². The van der Waals surface area contributed by atoms with Gasteiger partial charge in [0.25, 0.3) is 5.91 Å². The molecule has 0 radical (unpaired) electrons. The molecule has 3 rings (SSSR count). The summed E-state index contributed by atoms with van der Waals surface area (Å²) in [4.78, 5) is 14.7. The number of rotatable bonds is 3. The van der Waals surface area contributed by atoms with Gasteiger partial charge in [-0.2, -0.15) is 0 Å². The summed E-state index contributed by atoms with van der Waals surface area (Å²) in [5, 5.41) is 6.43. The topological polar surface area (TPSA) is 32.3 Å². The lowest BCUT2D eigenvalue weighted by molar-refractivity contribution is 0.0688. The Balaban J connectivity index is 1.76. The summed E-state index contributed by atoms with van der Waals surface area (Å²) < 4.78 is 1.19. The van der Waals surface area contributed by atoms with Crippen LogP contribution in [0.15, 0.2) is 29.6 Å². The third kappa shape index (κ3) is 2.83. The number of hydrogen-bond donors (Lipinski definition) is 1. The van der Waals surface area contributed by atoms with Crippen LogP contribution in [0, 0.1) is 0 Å². The summed E-state index contributed by atoms with van der Waals surface area (Å²) in [6.07, 6.45) is 4.50. The van der Waals surface area contributed by atoms with Gasteiger partial charge in [0.05, 0.1) is 5.56 Å². The minimum absolute atomic E-state index is 0.167. The zero-order valence-corrected chi connectivity index (χ0v) is 13.5. The number of benzene rings is 1. The molecule has 0 bridgehead atoms. The SMILES string of the molecule is CNC1CCC(N(C)C(=O)c2csc3ccccc23)CC1. The van der Waals surface area contributed by atoms with Gasteiger partial charge in [-0.25, -0.2) is 0 Å². The molecule has 1 fully saturated rings. The van der Waals surface area contributed by atoms with Crippen LogP contribution in [0.4, 0.5) is 0 Å². The maximum atomic E-state index is 12.8. The van der Waals surface area contributed by atoms with E-state index < -0.39 is 0 Å². The summed E-state index contributed by atoms with van der Waals surface area (Å²) in [7, 11) is 3.98. The molecular weight excluding hydrogens is 280 g/mol. The van der Waals surface area contributed by atoms with Crippen LogP contribution in [0.5, 0.6) is 0 Å². The largest absolute Gasteiger partial charge is 0.339 e. The zero-order valence-electron chi connectivity index (χ0n) is 12.6. The molecule has 1 aliphatic rings. The molecule has 0 atom stereocenters. The van der Waals surface area contributed by atoms with Crippen molar-refractivity contribution in [2.24, 2.45) is 0 Å². The summed E-state index contributed by atoms with van der Waals surface area (Å²) in [6, 6.07) is 9.15. The molecule has 0 unspecified atom stereocenters. The first-order valence-electron chi connectivity index (χ1n) is 7.61. The molecule has 1 heterocycles. The smallest absolute Gasteiger partial charge is 0.255 e. The van der Waals surface area contributed by atoms with E-state index in [2.05, 4.69) is 11.4 Å². The maximum Gasteiger partial charge on any atom is 0.255 e. The Morgan fingerprint density at radius 1 is 1.24 bits per heavy atom. The molecule has 21 heavy (non-hydrogen) atoms. The summed E-state index contributed by atoms with van der Waals surface area (Å²) >= 11 is 1.65. The molecule has 0 spiro atoms. The average Bonchev–Trinajstić information content (AvgIpc) is 2.97. The molecule has 112 valence electrons. The van der Waals surface area contributed by atoms with Crippen LogP contribution in [0.1, 0.15) is 36.0 Å². The zero-order chi connectivity index (χ0) is 14.8. The number of amides is 1. The Hall–Kier alpha value is -1.39. The van der Waals surface area contributed by atoms with E-state index >= 15 is 0 Å². The van der Waals surface area contributed by atoms with Gasteiger partial charge < -0.3 is 10.2 Å². The van der Waals surface area contributed by atoms with Crippen LogP contribution in [0.3, 0.4) is 0 Å². The van der Waals surface area contributed by atoms with Crippen molar-refractivity contribution in [2.45, 2.75) is 37.8 Å². The Kier molecular flexibility index (Phi) is 4.27. The third-order valence-electron chi connectivity index (χ3n) is 4.68. The molecule has 1 aromatic heterocycles. The fourth-order valence-electron chi connectivity index (χ4n) is 3.25. The van der Waals surface area contributed by atoms with Crippen LogP contribution >= 0.6 is 11.3 Å². The number of carbonyl (C=O) groups is 1. The predicted octanol–water partition coefficient (Wildman–Crippen LogP) is 3.50. The van der Waals surface area contributed by atoms with E-state index in [0.29, 0.717) is 12.1 Å². The molecule has 2 aromatic rings. The van der Waals surface area contributed by atoms with Crippen molar-refractivity contribution in [3.63, 3.8) is 0 Å². The molecule has 4 heteroatoms. The maximum absolute atomic E-state index is 12.8. The highest BCUT2D eigenvalue weighted by Crippen LogP contribution is 2.29. The number of carbonyl (C=O) groups excluding carboxylic acids is 1. The number of nitrogens with one attached hydrogen (secondary N) is 1. The van der Waals surface area contributed by atoms with Gasteiger partial charge in [0.2, 0.25) is 0 Å².